The van der Waals surface area contributed by atoms with Crippen molar-refractivity contribution in [2.75, 3.05) is 11.1 Å². The number of hydrogen-bond acceptors (Lipinski definition) is 4. The largest absolute Gasteiger partial charge is 0.399 e. The zero-order valence-corrected chi connectivity index (χ0v) is 9.31. The van der Waals surface area contributed by atoms with Crippen molar-refractivity contribution in [1.29, 1.82) is 0 Å². The molecule has 0 atom stereocenters. The molecule has 2 rings (SSSR count). The second-order valence-electron chi connectivity index (χ2n) is 3.60. The minimum absolute atomic E-state index is 0.118. The van der Waals surface area contributed by atoms with Crippen LogP contribution < -0.4 is 16.8 Å². The second-order valence-corrected chi connectivity index (χ2v) is 3.60. The van der Waals surface area contributed by atoms with Gasteiger partial charge in [-0.25, -0.2) is 0 Å². The molecule has 0 saturated carbocycles. The number of hydrogen-bond donors (Lipinski definition) is 4. The van der Waals surface area contributed by atoms with Gasteiger partial charge in [0, 0.05) is 11.3 Å². The zero-order valence-electron chi connectivity index (χ0n) is 9.31. The van der Waals surface area contributed by atoms with Gasteiger partial charge in [0.05, 0.1) is 6.20 Å². The van der Waals surface area contributed by atoms with Crippen LogP contribution in [0, 0.1) is 0 Å². The van der Waals surface area contributed by atoms with Gasteiger partial charge in [0.25, 0.3) is 11.8 Å². The quantitative estimate of drug-likeness (QED) is 0.581. The molecular formula is C11H11N5O2. The van der Waals surface area contributed by atoms with Gasteiger partial charge >= 0.3 is 0 Å². The molecule has 2 aromatic rings. The third kappa shape index (κ3) is 2.29. The number of nitrogens with one attached hydrogen (secondary N) is 2. The summed E-state index contributed by atoms with van der Waals surface area (Å²) < 4.78 is 0. The van der Waals surface area contributed by atoms with E-state index in [4.69, 9.17) is 11.5 Å². The number of amides is 2. The van der Waals surface area contributed by atoms with Crippen molar-refractivity contribution in [3.05, 3.63) is 41.6 Å². The van der Waals surface area contributed by atoms with Gasteiger partial charge in [-0.15, -0.1) is 0 Å². The molecule has 0 aliphatic carbocycles. The SMILES string of the molecule is NC(=O)c1cn[nH]c1NC(=O)c1cccc(N)c1. The Morgan fingerprint density at radius 3 is 2.78 bits per heavy atom. The molecule has 1 heterocycles. The third-order valence-electron chi connectivity index (χ3n) is 2.29. The number of carbonyl (C=O) groups excluding carboxylic acids is 2. The molecule has 0 bridgehead atoms. The van der Waals surface area contributed by atoms with Gasteiger partial charge in [-0.3, -0.25) is 14.7 Å². The van der Waals surface area contributed by atoms with Crippen molar-refractivity contribution in [2.24, 2.45) is 5.73 Å². The molecule has 1 aromatic carbocycles. The summed E-state index contributed by atoms with van der Waals surface area (Å²) in [5.41, 5.74) is 11.7. The van der Waals surface area contributed by atoms with Crippen molar-refractivity contribution in [1.82, 2.24) is 10.2 Å². The van der Waals surface area contributed by atoms with Crippen molar-refractivity contribution < 1.29 is 9.59 Å². The molecule has 0 aliphatic rings. The Morgan fingerprint density at radius 1 is 1.33 bits per heavy atom. The number of carbonyl (C=O) groups is 2. The van der Waals surface area contributed by atoms with Gasteiger partial charge in [-0.1, -0.05) is 6.07 Å². The summed E-state index contributed by atoms with van der Waals surface area (Å²) >= 11 is 0. The summed E-state index contributed by atoms with van der Waals surface area (Å²) in [6, 6.07) is 6.45. The topological polar surface area (TPSA) is 127 Å². The smallest absolute Gasteiger partial charge is 0.256 e. The van der Waals surface area contributed by atoms with Gasteiger partial charge in [0.15, 0.2) is 0 Å². The van der Waals surface area contributed by atoms with Crippen molar-refractivity contribution in [3.63, 3.8) is 0 Å². The number of nitrogens with zero attached hydrogens (tertiary/aromatic N) is 1. The Morgan fingerprint density at radius 2 is 2.11 bits per heavy atom. The minimum Gasteiger partial charge on any atom is -0.399 e. The van der Waals surface area contributed by atoms with Crippen LogP contribution in [-0.4, -0.2) is 22.0 Å². The number of aromatic amines is 1. The summed E-state index contributed by atoms with van der Waals surface area (Å²) in [5, 5.41) is 8.63. The summed E-state index contributed by atoms with van der Waals surface area (Å²) in [6.45, 7) is 0. The molecule has 0 fully saturated rings. The van der Waals surface area contributed by atoms with Crippen LogP contribution in [0.25, 0.3) is 0 Å². The molecule has 0 aliphatic heterocycles. The van der Waals surface area contributed by atoms with E-state index in [1.165, 1.54) is 12.3 Å². The van der Waals surface area contributed by atoms with E-state index in [1.807, 2.05) is 0 Å². The molecule has 1 aromatic heterocycles. The lowest BCUT2D eigenvalue weighted by molar-refractivity contribution is 0.100. The van der Waals surface area contributed by atoms with E-state index in [2.05, 4.69) is 15.5 Å². The van der Waals surface area contributed by atoms with Gasteiger partial charge in [-0.05, 0) is 18.2 Å². The van der Waals surface area contributed by atoms with E-state index in [0.29, 0.717) is 11.3 Å². The molecule has 92 valence electrons. The fourth-order valence-corrected chi connectivity index (χ4v) is 1.43. The standard InChI is InChI=1S/C11H11N5O2/c12-7-3-1-2-6(4-7)11(18)15-10-8(9(13)17)5-14-16-10/h1-5H,12H2,(H2,13,17)(H2,14,15,16,18). The van der Waals surface area contributed by atoms with Crippen LogP contribution in [0.2, 0.25) is 0 Å². The molecule has 0 saturated heterocycles. The zero-order chi connectivity index (χ0) is 13.1. The van der Waals surface area contributed by atoms with Crippen LogP contribution in [0.1, 0.15) is 20.7 Å². The first kappa shape index (κ1) is 11.6. The fourth-order valence-electron chi connectivity index (χ4n) is 1.43. The first-order valence-electron chi connectivity index (χ1n) is 5.08. The Balaban J connectivity index is 2.21. The van der Waals surface area contributed by atoms with E-state index in [0.717, 1.165) is 0 Å². The number of anilines is 2. The summed E-state index contributed by atoms with van der Waals surface area (Å²) in [7, 11) is 0. The average molecular weight is 245 g/mol. The van der Waals surface area contributed by atoms with Crippen LogP contribution in [0.15, 0.2) is 30.5 Å². The van der Waals surface area contributed by atoms with Crippen LogP contribution in [0.5, 0.6) is 0 Å². The highest BCUT2D eigenvalue weighted by atomic mass is 16.2. The van der Waals surface area contributed by atoms with E-state index in [1.54, 1.807) is 18.2 Å². The number of primary amides is 1. The molecule has 6 N–H and O–H groups in total. The molecule has 0 spiro atoms. The fraction of sp³-hybridized carbons (Fsp3) is 0. The number of nitrogens with two attached hydrogens (primary N) is 2. The lowest BCUT2D eigenvalue weighted by atomic mass is 10.2. The number of aromatic nitrogens is 2. The first-order valence-corrected chi connectivity index (χ1v) is 5.08. The number of rotatable bonds is 3. The molecule has 18 heavy (non-hydrogen) atoms. The molecule has 7 nitrogen and oxygen atoms in total. The highest BCUT2D eigenvalue weighted by molar-refractivity contribution is 6.08. The average Bonchev–Trinajstić information content (AvgIpc) is 2.77. The molecule has 0 unspecified atom stereocenters. The van der Waals surface area contributed by atoms with Gasteiger partial charge in [0.2, 0.25) is 0 Å². The predicted octanol–water partition coefficient (Wildman–Crippen LogP) is 0.343. The Kier molecular flexibility index (Phi) is 2.96. The summed E-state index contributed by atoms with van der Waals surface area (Å²) in [6.07, 6.45) is 1.25. The van der Waals surface area contributed by atoms with Crippen molar-refractivity contribution in [3.8, 4) is 0 Å². The highest BCUT2D eigenvalue weighted by Crippen LogP contribution is 2.13. The van der Waals surface area contributed by atoms with Gasteiger partial charge in [0.1, 0.15) is 11.4 Å². The lowest BCUT2D eigenvalue weighted by Crippen LogP contribution is -2.17. The molecule has 7 heteroatoms. The van der Waals surface area contributed by atoms with Gasteiger partial charge in [-0.2, -0.15) is 5.10 Å². The normalized spacial score (nSPS) is 10.0. The lowest BCUT2D eigenvalue weighted by Gasteiger charge is -2.04. The van der Waals surface area contributed by atoms with Crippen LogP contribution in [0.4, 0.5) is 11.5 Å². The monoisotopic (exact) mass is 245 g/mol. The van der Waals surface area contributed by atoms with E-state index in [-0.39, 0.29) is 11.4 Å². The summed E-state index contributed by atoms with van der Waals surface area (Å²) in [5.74, 6) is -0.921. The maximum atomic E-state index is 11.9. The minimum atomic E-state index is -0.674. The first-order chi connectivity index (χ1) is 8.58. The molecular weight excluding hydrogens is 234 g/mol. The number of benzene rings is 1. The second kappa shape index (κ2) is 4.58. The maximum absolute atomic E-state index is 11.9. The van der Waals surface area contributed by atoms with E-state index < -0.39 is 11.8 Å². The Bertz CT molecular complexity index is 605. The van der Waals surface area contributed by atoms with Crippen molar-refractivity contribution in [2.45, 2.75) is 0 Å². The third-order valence-corrected chi connectivity index (χ3v) is 2.29. The van der Waals surface area contributed by atoms with Gasteiger partial charge < -0.3 is 16.8 Å². The summed E-state index contributed by atoms with van der Waals surface area (Å²) in [4.78, 5) is 22.9. The van der Waals surface area contributed by atoms with Crippen molar-refractivity contribution >= 4 is 23.3 Å². The van der Waals surface area contributed by atoms with Crippen LogP contribution in [0.3, 0.4) is 0 Å². The molecule has 0 radical (unpaired) electrons. The Labute approximate surface area is 102 Å². The highest BCUT2D eigenvalue weighted by Gasteiger charge is 2.14. The van der Waals surface area contributed by atoms with Crippen LogP contribution >= 0.6 is 0 Å². The Hall–Kier alpha value is -2.83. The van der Waals surface area contributed by atoms with E-state index in [9.17, 15) is 9.59 Å². The van der Waals surface area contributed by atoms with E-state index >= 15 is 0 Å². The van der Waals surface area contributed by atoms with Crippen LogP contribution in [-0.2, 0) is 0 Å². The predicted molar refractivity (Wildman–Crippen MR) is 65.9 cm³/mol. The number of H-pyrrole nitrogens is 1. The number of nitrogen functional groups attached to an aromatic ring is 1. The molecule has 2 amide bonds. The maximum Gasteiger partial charge on any atom is 0.256 e.